The summed E-state index contributed by atoms with van der Waals surface area (Å²) in [5.41, 5.74) is 3.61. The largest absolute Gasteiger partial charge is 0.490 e. The fraction of sp³-hybridized carbons (Fsp3) is 0.333. The van der Waals surface area contributed by atoms with Crippen LogP contribution in [0.15, 0.2) is 36.5 Å². The Morgan fingerprint density at radius 1 is 1.29 bits per heavy atom. The van der Waals surface area contributed by atoms with Crippen molar-refractivity contribution in [3.8, 4) is 17.1 Å². The maximum atomic E-state index is 12.3. The van der Waals surface area contributed by atoms with Crippen LogP contribution in [0.3, 0.4) is 0 Å². The van der Waals surface area contributed by atoms with Gasteiger partial charge in [-0.3, -0.25) is 14.6 Å². The number of carbonyl (C=O) groups is 1. The van der Waals surface area contributed by atoms with Gasteiger partial charge in [0.2, 0.25) is 5.91 Å². The molecule has 3 heterocycles. The van der Waals surface area contributed by atoms with E-state index >= 15 is 0 Å². The number of aromatic nitrogens is 5. The Balaban J connectivity index is 1.38. The number of nitrogens with one attached hydrogen (secondary N) is 2. The number of rotatable bonds is 6. The normalized spacial score (nSPS) is 13.3. The molecule has 1 amide bonds. The minimum absolute atomic E-state index is 0.00442. The Hall–Kier alpha value is -3.59. The van der Waals surface area contributed by atoms with E-state index in [4.69, 9.17) is 21.3 Å². The van der Waals surface area contributed by atoms with Crippen LogP contribution in [-0.2, 0) is 18.3 Å². The number of ether oxygens (including phenoxy) is 1. The van der Waals surface area contributed by atoms with E-state index in [-0.39, 0.29) is 11.9 Å². The Morgan fingerprint density at radius 3 is 2.97 bits per heavy atom. The van der Waals surface area contributed by atoms with Crippen molar-refractivity contribution >= 4 is 34.1 Å². The topological polar surface area (TPSA) is 101 Å². The molecule has 1 aliphatic heterocycles. The van der Waals surface area contributed by atoms with E-state index in [1.165, 1.54) is 0 Å². The second-order valence-corrected chi connectivity index (χ2v) is 9.07. The van der Waals surface area contributed by atoms with Crippen molar-refractivity contribution in [2.75, 3.05) is 24.6 Å². The fourth-order valence-electron chi connectivity index (χ4n) is 4.15. The summed E-state index contributed by atoms with van der Waals surface area (Å²) in [5, 5.41) is 16.1. The van der Waals surface area contributed by atoms with Crippen LogP contribution in [0.5, 0.6) is 5.75 Å². The van der Waals surface area contributed by atoms with E-state index in [0.717, 1.165) is 39.3 Å². The predicted octanol–water partition coefficient (Wildman–Crippen LogP) is 3.33. The van der Waals surface area contributed by atoms with Gasteiger partial charge in [-0.05, 0) is 43.7 Å². The van der Waals surface area contributed by atoms with Crippen molar-refractivity contribution < 1.29 is 9.53 Å². The van der Waals surface area contributed by atoms with Crippen molar-refractivity contribution in [2.45, 2.75) is 26.3 Å². The SMILES string of the molecule is CC(C)NC(=O)CN1CCOc2cc(-c3nc(Cc4ccc5[nH]ncc5c4Cl)n(C)n3)ccc21. The number of amides is 1. The molecule has 2 aromatic carbocycles. The Morgan fingerprint density at radius 2 is 2.15 bits per heavy atom. The molecular weight excluding hydrogens is 454 g/mol. The Labute approximate surface area is 202 Å². The summed E-state index contributed by atoms with van der Waals surface area (Å²) in [7, 11) is 1.88. The number of aryl methyl sites for hydroxylation is 1. The second-order valence-electron chi connectivity index (χ2n) is 8.70. The standard InChI is InChI=1S/C24H26ClN7O2/c1-14(2)27-22(33)13-32-8-9-34-20-10-16(5-7-19(20)32)24-28-21(31(3)30-24)11-15-4-6-18-17(23(15)25)12-26-29-18/h4-7,10,12,14H,8-9,11,13H2,1-3H3,(H,26,29)(H,27,33). The van der Waals surface area contributed by atoms with Gasteiger partial charge in [-0.1, -0.05) is 17.7 Å². The van der Waals surface area contributed by atoms with Crippen LogP contribution < -0.4 is 15.0 Å². The number of aromatic amines is 1. The van der Waals surface area contributed by atoms with Crippen molar-refractivity contribution in [1.82, 2.24) is 30.3 Å². The lowest BCUT2D eigenvalue weighted by Crippen LogP contribution is -2.43. The first kappa shape index (κ1) is 22.2. The van der Waals surface area contributed by atoms with E-state index in [1.807, 2.05) is 56.1 Å². The molecule has 9 nitrogen and oxygen atoms in total. The van der Waals surface area contributed by atoms with E-state index in [1.54, 1.807) is 10.9 Å². The van der Waals surface area contributed by atoms with Gasteiger partial charge in [0.15, 0.2) is 5.82 Å². The van der Waals surface area contributed by atoms with Crippen LogP contribution in [-0.4, -0.2) is 56.6 Å². The first-order valence-electron chi connectivity index (χ1n) is 11.2. The van der Waals surface area contributed by atoms with Gasteiger partial charge in [0.1, 0.15) is 18.2 Å². The number of hydrogen-bond donors (Lipinski definition) is 2. The van der Waals surface area contributed by atoms with Crippen LogP contribution in [0.1, 0.15) is 25.2 Å². The van der Waals surface area contributed by atoms with Gasteiger partial charge in [0, 0.05) is 30.5 Å². The number of hydrogen-bond acceptors (Lipinski definition) is 6. The summed E-state index contributed by atoms with van der Waals surface area (Å²) in [6, 6.07) is 9.92. The van der Waals surface area contributed by atoms with Crippen LogP contribution >= 0.6 is 11.6 Å². The summed E-state index contributed by atoms with van der Waals surface area (Å²) >= 11 is 6.60. The molecule has 0 saturated heterocycles. The highest BCUT2D eigenvalue weighted by atomic mass is 35.5. The molecule has 2 N–H and O–H groups in total. The highest BCUT2D eigenvalue weighted by molar-refractivity contribution is 6.36. The van der Waals surface area contributed by atoms with Gasteiger partial charge in [-0.15, -0.1) is 0 Å². The van der Waals surface area contributed by atoms with Crippen molar-refractivity contribution in [2.24, 2.45) is 7.05 Å². The van der Waals surface area contributed by atoms with Crippen molar-refractivity contribution in [3.63, 3.8) is 0 Å². The zero-order valence-corrected chi connectivity index (χ0v) is 20.1. The van der Waals surface area contributed by atoms with Crippen LogP contribution in [0.4, 0.5) is 5.69 Å². The Bertz CT molecular complexity index is 1360. The molecule has 0 aliphatic carbocycles. The number of nitrogens with zero attached hydrogens (tertiary/aromatic N) is 5. The lowest BCUT2D eigenvalue weighted by Gasteiger charge is -2.31. The molecule has 176 valence electrons. The molecular formula is C24H26ClN7O2. The first-order valence-corrected chi connectivity index (χ1v) is 11.6. The molecule has 1 aliphatic rings. The average molecular weight is 480 g/mol. The molecule has 0 saturated carbocycles. The number of H-pyrrole nitrogens is 1. The lowest BCUT2D eigenvalue weighted by atomic mass is 10.1. The Kier molecular flexibility index (Phi) is 5.87. The molecule has 0 spiro atoms. The van der Waals surface area contributed by atoms with E-state index in [2.05, 4.69) is 20.6 Å². The molecule has 0 radical (unpaired) electrons. The zero-order chi connectivity index (χ0) is 23.8. The quantitative estimate of drug-likeness (QED) is 0.440. The number of benzene rings is 2. The number of carbonyl (C=O) groups excluding carboxylic acids is 1. The number of anilines is 1. The van der Waals surface area contributed by atoms with E-state index < -0.39 is 0 Å². The number of fused-ring (bicyclic) bond motifs is 2. The second kappa shape index (κ2) is 8.98. The van der Waals surface area contributed by atoms with Gasteiger partial charge in [0.25, 0.3) is 0 Å². The monoisotopic (exact) mass is 479 g/mol. The minimum Gasteiger partial charge on any atom is -0.490 e. The third-order valence-corrected chi connectivity index (χ3v) is 6.25. The maximum Gasteiger partial charge on any atom is 0.239 e. The molecule has 0 bridgehead atoms. The molecule has 0 unspecified atom stereocenters. The molecule has 10 heteroatoms. The number of halogens is 1. The molecule has 0 atom stereocenters. The summed E-state index contributed by atoms with van der Waals surface area (Å²) in [4.78, 5) is 19.1. The lowest BCUT2D eigenvalue weighted by molar-refractivity contribution is -0.120. The first-order chi connectivity index (χ1) is 16.4. The highest BCUT2D eigenvalue weighted by Crippen LogP contribution is 2.35. The van der Waals surface area contributed by atoms with E-state index in [9.17, 15) is 4.79 Å². The van der Waals surface area contributed by atoms with Crippen molar-refractivity contribution in [3.05, 3.63) is 52.9 Å². The fourth-order valence-corrected chi connectivity index (χ4v) is 4.43. The molecule has 4 aromatic rings. The zero-order valence-electron chi connectivity index (χ0n) is 19.3. The van der Waals surface area contributed by atoms with Gasteiger partial charge in [-0.2, -0.15) is 10.2 Å². The molecule has 0 fully saturated rings. The molecule has 34 heavy (non-hydrogen) atoms. The summed E-state index contributed by atoms with van der Waals surface area (Å²) in [6.07, 6.45) is 2.27. The van der Waals surface area contributed by atoms with Crippen LogP contribution in [0.2, 0.25) is 5.02 Å². The third-order valence-electron chi connectivity index (χ3n) is 5.80. The van der Waals surface area contributed by atoms with Gasteiger partial charge in [-0.25, -0.2) is 4.98 Å². The van der Waals surface area contributed by atoms with Crippen molar-refractivity contribution in [1.29, 1.82) is 0 Å². The average Bonchev–Trinajstić information content (AvgIpc) is 3.42. The summed E-state index contributed by atoms with van der Waals surface area (Å²) in [6.45, 7) is 5.37. The predicted molar refractivity (Wildman–Crippen MR) is 131 cm³/mol. The minimum atomic E-state index is -0.00442. The van der Waals surface area contributed by atoms with Gasteiger partial charge < -0.3 is 15.0 Å². The van der Waals surface area contributed by atoms with Crippen LogP contribution in [0.25, 0.3) is 22.3 Å². The maximum absolute atomic E-state index is 12.3. The third kappa shape index (κ3) is 4.31. The van der Waals surface area contributed by atoms with E-state index in [0.29, 0.717) is 37.0 Å². The molecule has 2 aromatic heterocycles. The smallest absolute Gasteiger partial charge is 0.239 e. The summed E-state index contributed by atoms with van der Waals surface area (Å²) < 4.78 is 7.67. The summed E-state index contributed by atoms with van der Waals surface area (Å²) in [5.74, 6) is 2.13. The van der Waals surface area contributed by atoms with Gasteiger partial charge >= 0.3 is 0 Å². The molecule has 5 rings (SSSR count). The highest BCUT2D eigenvalue weighted by Gasteiger charge is 2.22. The van der Waals surface area contributed by atoms with Crippen LogP contribution in [0, 0.1) is 0 Å². The van der Waals surface area contributed by atoms with Gasteiger partial charge in [0.05, 0.1) is 35.5 Å².